The van der Waals surface area contributed by atoms with Crippen molar-refractivity contribution in [2.75, 3.05) is 0 Å². The summed E-state index contributed by atoms with van der Waals surface area (Å²) in [5, 5.41) is 8.58. The summed E-state index contributed by atoms with van der Waals surface area (Å²) in [6.45, 7) is 5.29. The summed E-state index contributed by atoms with van der Waals surface area (Å²) in [4.78, 5) is 0. The van der Waals surface area contributed by atoms with Crippen molar-refractivity contribution >= 4 is 15.9 Å². The molecule has 0 bridgehead atoms. The van der Waals surface area contributed by atoms with Gasteiger partial charge in [-0.2, -0.15) is 5.26 Å². The lowest BCUT2D eigenvalue weighted by Gasteiger charge is -1.93. The molecule has 0 aromatic rings. The second kappa shape index (κ2) is 4.75. The van der Waals surface area contributed by atoms with Gasteiger partial charge in [0.25, 0.3) is 0 Å². The highest BCUT2D eigenvalue weighted by Gasteiger charge is 1.94. The number of hydrogen-bond acceptors (Lipinski definition) is 2. The second-order valence-corrected chi connectivity index (χ2v) is 3.17. The maximum absolute atomic E-state index is 8.58. The lowest BCUT2D eigenvalue weighted by molar-refractivity contribution is 1.36. The normalized spacial score (nSPS) is 13.4. The zero-order valence-electron chi connectivity index (χ0n) is 6.26. The van der Waals surface area contributed by atoms with Gasteiger partial charge in [-0.3, -0.25) is 0 Å². The molecule has 0 fully saturated rings. The molecule has 0 aliphatic rings. The molecule has 0 unspecified atom stereocenters. The average molecular weight is 213 g/mol. The first-order chi connectivity index (χ1) is 5.11. The van der Waals surface area contributed by atoms with Gasteiger partial charge in [-0.15, -0.1) is 0 Å². The second-order valence-electron chi connectivity index (χ2n) is 1.92. The molecule has 0 spiro atoms. The molecule has 0 aliphatic heterocycles. The molecule has 3 heteroatoms. The van der Waals surface area contributed by atoms with Gasteiger partial charge in [0.1, 0.15) is 6.07 Å². The molecule has 0 heterocycles. The predicted octanol–water partition coefficient (Wildman–Crippen LogP) is 2.21. The van der Waals surface area contributed by atoms with E-state index in [9.17, 15) is 0 Å². The highest BCUT2D eigenvalue weighted by Crippen LogP contribution is 2.09. The van der Waals surface area contributed by atoms with E-state index in [1.807, 2.05) is 13.0 Å². The minimum Gasteiger partial charge on any atom is -0.398 e. The Balaban J connectivity index is 4.86. The Bertz CT molecular complexity index is 252. The molecule has 0 atom stereocenters. The Hall–Kier alpha value is -1.01. The predicted molar refractivity (Wildman–Crippen MR) is 49.7 cm³/mol. The van der Waals surface area contributed by atoms with Gasteiger partial charge in [-0.1, -0.05) is 22.5 Å². The Morgan fingerprint density at radius 3 is 2.55 bits per heavy atom. The van der Waals surface area contributed by atoms with Crippen molar-refractivity contribution in [1.29, 1.82) is 5.26 Å². The molecule has 0 aliphatic carbocycles. The Kier molecular flexibility index (Phi) is 4.32. The van der Waals surface area contributed by atoms with Gasteiger partial charge in [-0.25, -0.2) is 0 Å². The average Bonchev–Trinajstić information content (AvgIpc) is 1.98. The minimum absolute atomic E-state index is 0.395. The molecule has 0 saturated heterocycles. The van der Waals surface area contributed by atoms with Gasteiger partial charge in [-0.05, 0) is 23.6 Å². The van der Waals surface area contributed by atoms with E-state index in [1.165, 1.54) is 6.08 Å². The van der Waals surface area contributed by atoms with Crippen LogP contribution in [0.4, 0.5) is 0 Å². The first-order valence-corrected chi connectivity index (χ1v) is 3.77. The third-order valence-corrected chi connectivity index (χ3v) is 1.22. The molecule has 2 N–H and O–H groups in total. The number of nitriles is 1. The Morgan fingerprint density at radius 2 is 2.27 bits per heavy atom. The fourth-order valence-corrected chi connectivity index (χ4v) is 0.718. The topological polar surface area (TPSA) is 49.8 Å². The van der Waals surface area contributed by atoms with E-state index in [4.69, 9.17) is 11.0 Å². The molecule has 11 heavy (non-hydrogen) atoms. The maximum Gasteiger partial charge on any atom is 0.101 e. The summed E-state index contributed by atoms with van der Waals surface area (Å²) < 4.78 is 0.860. The molecular weight excluding hydrogens is 204 g/mol. The number of nitrogens with two attached hydrogens (primary N) is 1. The minimum atomic E-state index is 0.395. The summed E-state index contributed by atoms with van der Waals surface area (Å²) >= 11 is 3.20. The Morgan fingerprint density at radius 1 is 1.73 bits per heavy atom. The lowest BCUT2D eigenvalue weighted by atomic mass is 10.2. The fraction of sp³-hybridized carbons (Fsp3) is 0.125. The Labute approximate surface area is 74.8 Å². The van der Waals surface area contributed by atoms with Crippen LogP contribution in [0.5, 0.6) is 0 Å². The fourth-order valence-electron chi connectivity index (χ4n) is 0.489. The molecule has 0 rings (SSSR count). The molecule has 0 amide bonds. The van der Waals surface area contributed by atoms with E-state index in [-0.39, 0.29) is 0 Å². The summed E-state index contributed by atoms with van der Waals surface area (Å²) in [6.07, 6.45) is 3.10. The van der Waals surface area contributed by atoms with Crippen LogP contribution in [0, 0.1) is 11.3 Å². The highest BCUT2D eigenvalue weighted by molar-refractivity contribution is 9.11. The number of halogens is 1. The van der Waals surface area contributed by atoms with Crippen molar-refractivity contribution in [2.24, 2.45) is 5.73 Å². The van der Waals surface area contributed by atoms with Crippen molar-refractivity contribution < 1.29 is 0 Å². The van der Waals surface area contributed by atoms with Gasteiger partial charge in [0, 0.05) is 5.70 Å². The van der Waals surface area contributed by atoms with Crippen molar-refractivity contribution in [3.63, 3.8) is 0 Å². The number of allylic oxidation sites excluding steroid dienone is 4. The van der Waals surface area contributed by atoms with Crippen LogP contribution < -0.4 is 5.73 Å². The van der Waals surface area contributed by atoms with E-state index >= 15 is 0 Å². The lowest BCUT2D eigenvalue weighted by Crippen LogP contribution is -1.96. The van der Waals surface area contributed by atoms with Crippen molar-refractivity contribution in [3.8, 4) is 6.07 Å². The van der Waals surface area contributed by atoms with Crippen LogP contribution in [-0.4, -0.2) is 0 Å². The zero-order valence-corrected chi connectivity index (χ0v) is 7.85. The molecule has 0 saturated carbocycles. The van der Waals surface area contributed by atoms with E-state index in [0.29, 0.717) is 11.3 Å². The summed E-state index contributed by atoms with van der Waals surface area (Å²) in [7, 11) is 0. The maximum atomic E-state index is 8.58. The monoisotopic (exact) mass is 212 g/mol. The zero-order chi connectivity index (χ0) is 8.85. The van der Waals surface area contributed by atoms with Crippen LogP contribution in [0.3, 0.4) is 0 Å². The van der Waals surface area contributed by atoms with Crippen LogP contribution in [0.2, 0.25) is 0 Å². The molecule has 0 aromatic heterocycles. The van der Waals surface area contributed by atoms with Crippen LogP contribution in [-0.2, 0) is 0 Å². The van der Waals surface area contributed by atoms with Gasteiger partial charge >= 0.3 is 0 Å². The smallest absolute Gasteiger partial charge is 0.101 e. The quantitative estimate of drug-likeness (QED) is 0.564. The summed E-state index contributed by atoms with van der Waals surface area (Å²) in [6, 6.07) is 1.96. The third-order valence-electron chi connectivity index (χ3n) is 0.995. The van der Waals surface area contributed by atoms with E-state index in [2.05, 4.69) is 22.5 Å². The standard InChI is InChI=1S/C8H9BrN2/c1-3-8(11)7(5-10)4-6(2)9/h3-4H,1,11H2,2H3/b6-4+,8-7-. The van der Waals surface area contributed by atoms with Gasteiger partial charge < -0.3 is 5.73 Å². The first-order valence-electron chi connectivity index (χ1n) is 2.98. The van der Waals surface area contributed by atoms with Crippen molar-refractivity contribution in [1.82, 2.24) is 0 Å². The molecule has 2 nitrogen and oxygen atoms in total. The van der Waals surface area contributed by atoms with E-state index in [1.54, 1.807) is 6.08 Å². The largest absolute Gasteiger partial charge is 0.398 e. The van der Waals surface area contributed by atoms with Crippen molar-refractivity contribution in [2.45, 2.75) is 6.92 Å². The first kappa shape index (κ1) is 9.99. The molecule has 0 aromatic carbocycles. The highest BCUT2D eigenvalue weighted by atomic mass is 79.9. The number of hydrogen-bond donors (Lipinski definition) is 1. The van der Waals surface area contributed by atoms with Crippen molar-refractivity contribution in [3.05, 3.63) is 34.5 Å². The van der Waals surface area contributed by atoms with E-state index in [0.717, 1.165) is 4.48 Å². The number of nitrogens with zero attached hydrogens (tertiary/aromatic N) is 1. The van der Waals surface area contributed by atoms with Crippen LogP contribution >= 0.6 is 15.9 Å². The summed E-state index contributed by atoms with van der Waals surface area (Å²) in [5.41, 5.74) is 6.27. The third kappa shape index (κ3) is 3.64. The van der Waals surface area contributed by atoms with E-state index < -0.39 is 0 Å². The number of rotatable bonds is 2. The summed E-state index contributed by atoms with van der Waals surface area (Å²) in [5.74, 6) is 0. The van der Waals surface area contributed by atoms with Crippen LogP contribution in [0.1, 0.15) is 6.92 Å². The SMILES string of the molecule is C=C/C(N)=C(C#N)\C=C(/C)Br. The molecular formula is C8H9BrN2. The van der Waals surface area contributed by atoms with Gasteiger partial charge in [0.05, 0.1) is 5.57 Å². The molecule has 58 valence electrons. The van der Waals surface area contributed by atoms with Gasteiger partial charge in [0.2, 0.25) is 0 Å². The van der Waals surface area contributed by atoms with Crippen LogP contribution in [0.15, 0.2) is 34.5 Å². The van der Waals surface area contributed by atoms with Gasteiger partial charge in [0.15, 0.2) is 0 Å². The van der Waals surface area contributed by atoms with Crippen LogP contribution in [0.25, 0.3) is 0 Å². The molecule has 0 radical (unpaired) electrons.